The quantitative estimate of drug-likeness (QED) is 0.835. The van der Waals surface area contributed by atoms with Crippen LogP contribution in [0.3, 0.4) is 0 Å². The lowest BCUT2D eigenvalue weighted by atomic mass is 10.1. The van der Waals surface area contributed by atoms with Crippen molar-refractivity contribution < 1.29 is 9.59 Å². The van der Waals surface area contributed by atoms with Gasteiger partial charge in [0, 0.05) is 31.5 Å². The SMILES string of the molecule is CC(=O)N(CCC(=O)NC(C)(C)C)C1CCCC1. The van der Waals surface area contributed by atoms with Gasteiger partial charge in [0.1, 0.15) is 0 Å². The highest BCUT2D eigenvalue weighted by Gasteiger charge is 2.25. The molecule has 104 valence electrons. The maximum Gasteiger partial charge on any atom is 0.222 e. The second-order valence-electron chi connectivity index (χ2n) is 6.20. The Labute approximate surface area is 110 Å². The number of nitrogens with zero attached hydrogens (tertiary/aromatic N) is 1. The highest BCUT2D eigenvalue weighted by molar-refractivity contribution is 5.78. The summed E-state index contributed by atoms with van der Waals surface area (Å²) in [5, 5.41) is 2.93. The van der Waals surface area contributed by atoms with Crippen LogP contribution in [0.4, 0.5) is 0 Å². The molecule has 1 aliphatic carbocycles. The molecule has 0 aromatic heterocycles. The number of carbonyl (C=O) groups excluding carboxylic acids is 2. The van der Waals surface area contributed by atoms with Gasteiger partial charge in [-0.3, -0.25) is 9.59 Å². The third-order valence-corrected chi connectivity index (χ3v) is 3.26. The van der Waals surface area contributed by atoms with E-state index in [0.717, 1.165) is 12.8 Å². The zero-order valence-corrected chi connectivity index (χ0v) is 12.1. The van der Waals surface area contributed by atoms with Crippen molar-refractivity contribution in [1.29, 1.82) is 0 Å². The summed E-state index contributed by atoms with van der Waals surface area (Å²) in [4.78, 5) is 25.2. The second kappa shape index (κ2) is 6.21. The molecular weight excluding hydrogens is 228 g/mol. The Morgan fingerprint density at radius 1 is 1.22 bits per heavy atom. The van der Waals surface area contributed by atoms with Crippen molar-refractivity contribution in [2.45, 2.75) is 71.4 Å². The predicted octanol–water partition coefficient (Wildman–Crippen LogP) is 2.08. The largest absolute Gasteiger partial charge is 0.351 e. The van der Waals surface area contributed by atoms with Crippen LogP contribution in [0.1, 0.15) is 59.8 Å². The lowest BCUT2D eigenvalue weighted by molar-refractivity contribution is -0.132. The fraction of sp³-hybridized carbons (Fsp3) is 0.857. The smallest absolute Gasteiger partial charge is 0.222 e. The predicted molar refractivity (Wildman–Crippen MR) is 72.2 cm³/mol. The normalized spacial score (nSPS) is 16.7. The van der Waals surface area contributed by atoms with E-state index in [4.69, 9.17) is 0 Å². The van der Waals surface area contributed by atoms with Gasteiger partial charge in [0.25, 0.3) is 0 Å². The molecule has 1 fully saturated rings. The van der Waals surface area contributed by atoms with Gasteiger partial charge in [0.05, 0.1) is 0 Å². The molecule has 0 radical (unpaired) electrons. The molecule has 0 unspecified atom stereocenters. The average Bonchev–Trinajstić information content (AvgIpc) is 2.67. The van der Waals surface area contributed by atoms with Crippen molar-refractivity contribution in [3.05, 3.63) is 0 Å². The summed E-state index contributed by atoms with van der Waals surface area (Å²) in [5.41, 5.74) is -0.203. The highest BCUT2D eigenvalue weighted by atomic mass is 16.2. The molecule has 0 aromatic rings. The molecule has 1 N–H and O–H groups in total. The zero-order valence-electron chi connectivity index (χ0n) is 12.1. The molecule has 1 saturated carbocycles. The minimum Gasteiger partial charge on any atom is -0.351 e. The van der Waals surface area contributed by atoms with Crippen LogP contribution in [0.5, 0.6) is 0 Å². The molecule has 0 bridgehead atoms. The average molecular weight is 254 g/mol. The molecule has 0 spiro atoms. The summed E-state index contributed by atoms with van der Waals surface area (Å²) < 4.78 is 0. The fourth-order valence-electron chi connectivity index (χ4n) is 2.52. The topological polar surface area (TPSA) is 49.4 Å². The van der Waals surface area contributed by atoms with Gasteiger partial charge in [0.2, 0.25) is 11.8 Å². The van der Waals surface area contributed by atoms with E-state index < -0.39 is 0 Å². The molecule has 0 aromatic carbocycles. The Morgan fingerprint density at radius 3 is 2.22 bits per heavy atom. The molecule has 18 heavy (non-hydrogen) atoms. The summed E-state index contributed by atoms with van der Waals surface area (Å²) in [6.45, 7) is 8.03. The third kappa shape index (κ3) is 5.07. The first kappa shape index (κ1) is 15.0. The van der Waals surface area contributed by atoms with Gasteiger partial charge in [-0.05, 0) is 33.6 Å². The standard InChI is InChI=1S/C14H26N2O2/c1-11(17)16(12-7-5-6-8-12)10-9-13(18)15-14(2,3)4/h12H,5-10H2,1-4H3,(H,15,18). The van der Waals surface area contributed by atoms with Crippen molar-refractivity contribution >= 4 is 11.8 Å². The molecule has 0 saturated heterocycles. The van der Waals surface area contributed by atoms with E-state index in [-0.39, 0.29) is 17.4 Å². The minimum atomic E-state index is -0.203. The zero-order chi connectivity index (χ0) is 13.8. The summed E-state index contributed by atoms with van der Waals surface area (Å²) in [6.07, 6.45) is 4.96. The molecule has 1 rings (SSSR count). The Hall–Kier alpha value is -1.06. The van der Waals surface area contributed by atoms with Crippen LogP contribution < -0.4 is 5.32 Å². The lowest BCUT2D eigenvalue weighted by Crippen LogP contribution is -2.44. The van der Waals surface area contributed by atoms with Gasteiger partial charge in [0.15, 0.2) is 0 Å². The molecule has 0 heterocycles. The van der Waals surface area contributed by atoms with Crippen LogP contribution in [-0.4, -0.2) is 34.8 Å². The molecular formula is C14H26N2O2. The molecule has 4 nitrogen and oxygen atoms in total. The van der Waals surface area contributed by atoms with Crippen LogP contribution >= 0.6 is 0 Å². The van der Waals surface area contributed by atoms with E-state index in [1.165, 1.54) is 12.8 Å². The van der Waals surface area contributed by atoms with E-state index in [9.17, 15) is 9.59 Å². The van der Waals surface area contributed by atoms with E-state index in [1.807, 2.05) is 25.7 Å². The summed E-state index contributed by atoms with van der Waals surface area (Å²) >= 11 is 0. The summed E-state index contributed by atoms with van der Waals surface area (Å²) in [7, 11) is 0. The van der Waals surface area contributed by atoms with Gasteiger partial charge < -0.3 is 10.2 Å². The lowest BCUT2D eigenvalue weighted by Gasteiger charge is -2.28. The van der Waals surface area contributed by atoms with Crippen molar-refractivity contribution in [3.8, 4) is 0 Å². The van der Waals surface area contributed by atoms with E-state index in [1.54, 1.807) is 6.92 Å². The first-order valence-corrected chi connectivity index (χ1v) is 6.88. The van der Waals surface area contributed by atoms with Crippen LogP contribution in [-0.2, 0) is 9.59 Å². The fourth-order valence-corrected chi connectivity index (χ4v) is 2.52. The molecule has 0 atom stereocenters. The Morgan fingerprint density at radius 2 is 1.78 bits per heavy atom. The van der Waals surface area contributed by atoms with Gasteiger partial charge in [-0.25, -0.2) is 0 Å². The van der Waals surface area contributed by atoms with Crippen LogP contribution in [0, 0.1) is 0 Å². The van der Waals surface area contributed by atoms with E-state index in [0.29, 0.717) is 19.0 Å². The van der Waals surface area contributed by atoms with Crippen molar-refractivity contribution in [1.82, 2.24) is 10.2 Å². The molecule has 1 aliphatic rings. The number of hydrogen-bond donors (Lipinski definition) is 1. The number of amides is 2. The summed E-state index contributed by atoms with van der Waals surface area (Å²) in [5.74, 6) is 0.109. The van der Waals surface area contributed by atoms with Crippen LogP contribution in [0.2, 0.25) is 0 Å². The maximum absolute atomic E-state index is 11.8. The van der Waals surface area contributed by atoms with Gasteiger partial charge in [-0.15, -0.1) is 0 Å². The van der Waals surface area contributed by atoms with Crippen LogP contribution in [0.25, 0.3) is 0 Å². The third-order valence-electron chi connectivity index (χ3n) is 3.26. The molecule has 4 heteroatoms. The Bertz CT molecular complexity index is 301. The van der Waals surface area contributed by atoms with Crippen LogP contribution in [0.15, 0.2) is 0 Å². The van der Waals surface area contributed by atoms with Crippen molar-refractivity contribution in [3.63, 3.8) is 0 Å². The first-order valence-electron chi connectivity index (χ1n) is 6.88. The number of nitrogens with one attached hydrogen (secondary N) is 1. The number of hydrogen-bond acceptors (Lipinski definition) is 2. The molecule has 2 amide bonds. The monoisotopic (exact) mass is 254 g/mol. The van der Waals surface area contributed by atoms with Crippen molar-refractivity contribution in [2.24, 2.45) is 0 Å². The second-order valence-corrected chi connectivity index (χ2v) is 6.20. The minimum absolute atomic E-state index is 0.0201. The van der Waals surface area contributed by atoms with E-state index in [2.05, 4.69) is 5.32 Å². The van der Waals surface area contributed by atoms with Gasteiger partial charge >= 0.3 is 0 Å². The van der Waals surface area contributed by atoms with Gasteiger partial charge in [-0.1, -0.05) is 12.8 Å². The highest BCUT2D eigenvalue weighted by Crippen LogP contribution is 2.23. The molecule has 0 aliphatic heterocycles. The maximum atomic E-state index is 11.8. The first-order chi connectivity index (χ1) is 8.29. The Balaban J connectivity index is 2.42. The Kier molecular flexibility index (Phi) is 5.17. The van der Waals surface area contributed by atoms with E-state index >= 15 is 0 Å². The number of carbonyl (C=O) groups is 2. The van der Waals surface area contributed by atoms with Gasteiger partial charge in [-0.2, -0.15) is 0 Å². The number of rotatable bonds is 4. The summed E-state index contributed by atoms with van der Waals surface area (Å²) in [6, 6.07) is 0.352. The van der Waals surface area contributed by atoms with Crippen molar-refractivity contribution in [2.75, 3.05) is 6.54 Å².